The zero-order valence-electron chi connectivity index (χ0n) is 10.4. The van der Waals surface area contributed by atoms with E-state index >= 15 is 0 Å². The van der Waals surface area contributed by atoms with Gasteiger partial charge in [-0.05, 0) is 49.2 Å². The van der Waals surface area contributed by atoms with Gasteiger partial charge in [-0.15, -0.1) is 0 Å². The van der Waals surface area contributed by atoms with Crippen LogP contribution in [0.3, 0.4) is 0 Å². The summed E-state index contributed by atoms with van der Waals surface area (Å²) in [7, 11) is 0. The molecule has 1 aromatic carbocycles. The lowest BCUT2D eigenvalue weighted by atomic mass is 10.1. The molecule has 0 amide bonds. The van der Waals surface area contributed by atoms with Crippen LogP contribution < -0.4 is 5.32 Å². The number of rotatable bonds is 5. The van der Waals surface area contributed by atoms with Crippen LogP contribution in [-0.2, 0) is 6.42 Å². The highest BCUT2D eigenvalue weighted by Gasteiger charge is 2.07. The molecule has 1 heterocycles. The SMILES string of the molecule is CC(NCCc1ccncc1)c1ccccc1Cl. The molecule has 0 aliphatic heterocycles. The molecule has 1 aromatic heterocycles. The van der Waals surface area contributed by atoms with Gasteiger partial charge in [0.05, 0.1) is 0 Å². The lowest BCUT2D eigenvalue weighted by molar-refractivity contribution is 0.577. The van der Waals surface area contributed by atoms with E-state index < -0.39 is 0 Å². The maximum Gasteiger partial charge on any atom is 0.0453 e. The summed E-state index contributed by atoms with van der Waals surface area (Å²) in [6.45, 7) is 3.06. The summed E-state index contributed by atoms with van der Waals surface area (Å²) < 4.78 is 0. The largest absolute Gasteiger partial charge is 0.310 e. The van der Waals surface area contributed by atoms with Gasteiger partial charge >= 0.3 is 0 Å². The molecule has 0 bridgehead atoms. The Balaban J connectivity index is 1.86. The monoisotopic (exact) mass is 260 g/mol. The van der Waals surface area contributed by atoms with E-state index in [1.54, 1.807) is 0 Å². The number of aromatic nitrogens is 1. The molecular formula is C15H17ClN2. The van der Waals surface area contributed by atoms with Gasteiger partial charge in [-0.3, -0.25) is 4.98 Å². The van der Waals surface area contributed by atoms with E-state index in [1.807, 2.05) is 42.7 Å². The van der Waals surface area contributed by atoms with E-state index in [-0.39, 0.29) is 6.04 Å². The second-order valence-corrected chi connectivity index (χ2v) is 4.71. The summed E-state index contributed by atoms with van der Waals surface area (Å²) in [5, 5.41) is 4.30. The maximum absolute atomic E-state index is 6.17. The molecule has 1 unspecified atom stereocenters. The van der Waals surface area contributed by atoms with Crippen LogP contribution in [0.15, 0.2) is 48.8 Å². The molecule has 1 atom stereocenters. The molecule has 0 spiro atoms. The molecule has 0 saturated carbocycles. The van der Waals surface area contributed by atoms with E-state index in [1.165, 1.54) is 5.56 Å². The third kappa shape index (κ3) is 3.56. The summed E-state index contributed by atoms with van der Waals surface area (Å²) in [6, 6.07) is 12.3. The van der Waals surface area contributed by atoms with E-state index in [0.717, 1.165) is 23.6 Å². The summed E-state index contributed by atoms with van der Waals surface area (Å²) in [5.74, 6) is 0. The van der Waals surface area contributed by atoms with Crippen molar-refractivity contribution in [1.29, 1.82) is 0 Å². The molecule has 0 saturated heterocycles. The molecule has 94 valence electrons. The average molecular weight is 261 g/mol. The lowest BCUT2D eigenvalue weighted by Crippen LogP contribution is -2.21. The van der Waals surface area contributed by atoms with Gasteiger partial charge in [-0.25, -0.2) is 0 Å². The molecule has 2 nitrogen and oxygen atoms in total. The van der Waals surface area contributed by atoms with Crippen molar-refractivity contribution in [3.05, 3.63) is 64.9 Å². The van der Waals surface area contributed by atoms with Crippen LogP contribution in [0, 0.1) is 0 Å². The van der Waals surface area contributed by atoms with Gasteiger partial charge < -0.3 is 5.32 Å². The van der Waals surface area contributed by atoms with Crippen molar-refractivity contribution in [3.8, 4) is 0 Å². The number of nitrogens with zero attached hydrogens (tertiary/aromatic N) is 1. The first kappa shape index (κ1) is 13.1. The minimum absolute atomic E-state index is 0.264. The molecule has 2 rings (SSSR count). The lowest BCUT2D eigenvalue weighted by Gasteiger charge is -2.15. The molecule has 3 heteroatoms. The predicted octanol–water partition coefficient (Wildman–Crippen LogP) is 3.63. The summed E-state index contributed by atoms with van der Waals surface area (Å²) in [6.07, 6.45) is 4.65. The van der Waals surface area contributed by atoms with E-state index in [9.17, 15) is 0 Å². The minimum atomic E-state index is 0.264. The third-order valence-electron chi connectivity index (χ3n) is 2.99. The van der Waals surface area contributed by atoms with E-state index in [2.05, 4.69) is 23.3 Å². The predicted molar refractivity (Wildman–Crippen MR) is 75.8 cm³/mol. The first-order chi connectivity index (χ1) is 8.77. The number of halogens is 1. The number of pyridine rings is 1. The van der Waals surface area contributed by atoms with Crippen molar-refractivity contribution in [2.75, 3.05) is 6.54 Å². The first-order valence-corrected chi connectivity index (χ1v) is 6.52. The Labute approximate surface area is 113 Å². The maximum atomic E-state index is 6.17. The van der Waals surface area contributed by atoms with Gasteiger partial charge in [0.25, 0.3) is 0 Å². The topological polar surface area (TPSA) is 24.9 Å². The number of nitrogens with one attached hydrogen (secondary N) is 1. The van der Waals surface area contributed by atoms with Gasteiger partial charge in [0.1, 0.15) is 0 Å². The van der Waals surface area contributed by atoms with Crippen LogP contribution in [0.25, 0.3) is 0 Å². The smallest absolute Gasteiger partial charge is 0.0453 e. The standard InChI is InChI=1S/C15H17ClN2/c1-12(14-4-2-3-5-15(14)16)18-11-8-13-6-9-17-10-7-13/h2-7,9-10,12,18H,8,11H2,1H3. The first-order valence-electron chi connectivity index (χ1n) is 6.14. The highest BCUT2D eigenvalue weighted by atomic mass is 35.5. The van der Waals surface area contributed by atoms with Crippen molar-refractivity contribution in [2.45, 2.75) is 19.4 Å². The second kappa shape index (κ2) is 6.53. The molecule has 0 radical (unpaired) electrons. The molecule has 2 aromatic rings. The summed E-state index contributed by atoms with van der Waals surface area (Å²) in [5.41, 5.74) is 2.44. The Kier molecular flexibility index (Phi) is 4.73. The van der Waals surface area contributed by atoms with Crippen LogP contribution in [0.1, 0.15) is 24.1 Å². The fraction of sp³-hybridized carbons (Fsp3) is 0.267. The molecule has 18 heavy (non-hydrogen) atoms. The van der Waals surface area contributed by atoms with Crippen molar-refractivity contribution < 1.29 is 0 Å². The van der Waals surface area contributed by atoms with Gasteiger partial charge in [-0.2, -0.15) is 0 Å². The fourth-order valence-electron chi connectivity index (χ4n) is 1.92. The summed E-state index contributed by atoms with van der Waals surface area (Å²) in [4.78, 5) is 4.01. The van der Waals surface area contributed by atoms with Gasteiger partial charge in [0.15, 0.2) is 0 Å². The zero-order chi connectivity index (χ0) is 12.8. The van der Waals surface area contributed by atoms with E-state index in [0.29, 0.717) is 0 Å². The Morgan fingerprint density at radius 3 is 2.61 bits per heavy atom. The molecular weight excluding hydrogens is 244 g/mol. The van der Waals surface area contributed by atoms with Gasteiger partial charge in [0.2, 0.25) is 0 Å². The highest BCUT2D eigenvalue weighted by molar-refractivity contribution is 6.31. The Hall–Kier alpha value is -1.38. The van der Waals surface area contributed by atoms with Gasteiger partial charge in [-0.1, -0.05) is 29.8 Å². The third-order valence-corrected chi connectivity index (χ3v) is 3.33. The van der Waals surface area contributed by atoms with Crippen LogP contribution in [0.5, 0.6) is 0 Å². The van der Waals surface area contributed by atoms with Crippen molar-refractivity contribution in [2.24, 2.45) is 0 Å². The number of hydrogen-bond donors (Lipinski definition) is 1. The summed E-state index contributed by atoms with van der Waals surface area (Å²) >= 11 is 6.17. The van der Waals surface area contributed by atoms with Crippen LogP contribution in [-0.4, -0.2) is 11.5 Å². The number of benzene rings is 1. The fourth-order valence-corrected chi connectivity index (χ4v) is 2.22. The Morgan fingerprint density at radius 1 is 1.17 bits per heavy atom. The van der Waals surface area contributed by atoms with Crippen LogP contribution in [0.4, 0.5) is 0 Å². The molecule has 0 fully saturated rings. The normalized spacial score (nSPS) is 12.3. The van der Waals surface area contributed by atoms with Crippen molar-refractivity contribution >= 4 is 11.6 Å². The molecule has 1 N–H and O–H groups in total. The molecule has 0 aliphatic carbocycles. The Morgan fingerprint density at radius 2 is 1.89 bits per heavy atom. The quantitative estimate of drug-likeness (QED) is 0.888. The second-order valence-electron chi connectivity index (χ2n) is 4.30. The van der Waals surface area contributed by atoms with Crippen molar-refractivity contribution in [3.63, 3.8) is 0 Å². The minimum Gasteiger partial charge on any atom is -0.310 e. The zero-order valence-corrected chi connectivity index (χ0v) is 11.2. The van der Waals surface area contributed by atoms with E-state index in [4.69, 9.17) is 11.6 Å². The average Bonchev–Trinajstić information content (AvgIpc) is 2.40. The Bertz CT molecular complexity index is 485. The van der Waals surface area contributed by atoms with Gasteiger partial charge in [0, 0.05) is 23.5 Å². The van der Waals surface area contributed by atoms with Crippen molar-refractivity contribution in [1.82, 2.24) is 10.3 Å². The highest BCUT2D eigenvalue weighted by Crippen LogP contribution is 2.21. The molecule has 0 aliphatic rings. The number of hydrogen-bond acceptors (Lipinski definition) is 2. The van der Waals surface area contributed by atoms with Crippen LogP contribution in [0.2, 0.25) is 5.02 Å². The van der Waals surface area contributed by atoms with Crippen LogP contribution >= 0.6 is 11.6 Å².